The molecular formula is C27H22N4OS2. The van der Waals surface area contributed by atoms with Gasteiger partial charge in [-0.15, -0.1) is 23.1 Å². The molecule has 5 rings (SSSR count). The molecule has 5 nitrogen and oxygen atoms in total. The summed E-state index contributed by atoms with van der Waals surface area (Å²) in [5, 5.41) is 9.23. The standard InChI is InChI=1S/C27H22N4OS2/c32-22(13-16-33-23-9-5-2-6-10-23)18-21-17-20(11-14-28-21)27-30-25(19-7-3-1-4-8-19)26(34-27)24-12-15-29-31-24/h1-11,14-15,17H,12-13,16,18H2. The lowest BCUT2D eigenvalue weighted by molar-refractivity contribution is -0.118. The maximum Gasteiger partial charge on any atom is 0.139 e. The maximum atomic E-state index is 12.6. The molecule has 0 amide bonds. The Hall–Kier alpha value is -3.42. The van der Waals surface area contributed by atoms with Crippen LogP contribution in [0.25, 0.3) is 21.8 Å². The van der Waals surface area contributed by atoms with Crippen LogP contribution >= 0.6 is 23.1 Å². The molecule has 4 aromatic rings. The van der Waals surface area contributed by atoms with Gasteiger partial charge in [0, 0.05) is 59.1 Å². The predicted molar refractivity (Wildman–Crippen MR) is 141 cm³/mol. The number of carbonyl (C=O) groups excluding carboxylic acids is 1. The van der Waals surface area contributed by atoms with Crippen LogP contribution in [0, 0.1) is 0 Å². The largest absolute Gasteiger partial charge is 0.299 e. The normalized spacial score (nSPS) is 12.6. The molecule has 0 unspecified atom stereocenters. The van der Waals surface area contributed by atoms with Crippen LogP contribution in [-0.2, 0) is 11.2 Å². The Balaban J connectivity index is 1.32. The Morgan fingerprint density at radius 2 is 1.76 bits per heavy atom. The number of thioether (sulfide) groups is 1. The van der Waals surface area contributed by atoms with Crippen LogP contribution in [0.4, 0.5) is 0 Å². The Labute approximate surface area is 206 Å². The minimum absolute atomic E-state index is 0.190. The molecule has 34 heavy (non-hydrogen) atoms. The SMILES string of the molecule is O=C(CCSc1ccccc1)Cc1cc(-c2nc(-c3ccccc3)c(C3=NN=CC3)s2)ccn1. The summed E-state index contributed by atoms with van der Waals surface area (Å²) in [5.41, 5.74) is 4.63. The minimum Gasteiger partial charge on any atom is -0.299 e. The zero-order valence-electron chi connectivity index (χ0n) is 18.4. The quantitative estimate of drug-likeness (QED) is 0.261. The third kappa shape index (κ3) is 5.38. The highest BCUT2D eigenvalue weighted by molar-refractivity contribution is 7.99. The van der Waals surface area contributed by atoms with Gasteiger partial charge >= 0.3 is 0 Å². The molecule has 2 aromatic heterocycles. The summed E-state index contributed by atoms with van der Waals surface area (Å²) in [6.07, 6.45) is 5.13. The van der Waals surface area contributed by atoms with Gasteiger partial charge in [0.2, 0.25) is 0 Å². The van der Waals surface area contributed by atoms with Gasteiger partial charge in [-0.1, -0.05) is 48.5 Å². The highest BCUT2D eigenvalue weighted by Crippen LogP contribution is 2.35. The average Bonchev–Trinajstić information content (AvgIpc) is 3.56. The third-order valence-electron chi connectivity index (χ3n) is 5.32. The van der Waals surface area contributed by atoms with E-state index in [0.29, 0.717) is 19.3 Å². The van der Waals surface area contributed by atoms with Crippen molar-refractivity contribution in [2.45, 2.75) is 24.2 Å². The summed E-state index contributed by atoms with van der Waals surface area (Å²) < 4.78 is 0. The number of nitrogens with zero attached hydrogens (tertiary/aromatic N) is 4. The van der Waals surface area contributed by atoms with Crippen molar-refractivity contribution in [2.75, 3.05) is 5.75 Å². The fourth-order valence-electron chi connectivity index (χ4n) is 3.65. The Morgan fingerprint density at radius 1 is 0.971 bits per heavy atom. The van der Waals surface area contributed by atoms with Crippen molar-refractivity contribution >= 4 is 40.8 Å². The van der Waals surface area contributed by atoms with Gasteiger partial charge < -0.3 is 0 Å². The van der Waals surface area contributed by atoms with Gasteiger partial charge in [-0.05, 0) is 24.3 Å². The summed E-state index contributed by atoms with van der Waals surface area (Å²) in [6, 6.07) is 24.2. The Morgan fingerprint density at radius 3 is 2.53 bits per heavy atom. The molecule has 1 aliphatic rings. The monoisotopic (exact) mass is 482 g/mol. The molecule has 0 radical (unpaired) electrons. The zero-order valence-corrected chi connectivity index (χ0v) is 20.1. The number of thiazole rings is 1. The highest BCUT2D eigenvalue weighted by atomic mass is 32.2. The number of benzene rings is 2. The van der Waals surface area contributed by atoms with Crippen molar-refractivity contribution < 1.29 is 4.79 Å². The van der Waals surface area contributed by atoms with Gasteiger partial charge in [-0.2, -0.15) is 10.2 Å². The van der Waals surface area contributed by atoms with Crippen molar-refractivity contribution in [1.82, 2.24) is 9.97 Å². The van der Waals surface area contributed by atoms with E-state index in [0.717, 1.165) is 43.9 Å². The van der Waals surface area contributed by atoms with Crippen LogP contribution in [0.1, 0.15) is 23.4 Å². The lowest BCUT2D eigenvalue weighted by Crippen LogP contribution is -2.05. The number of pyridine rings is 1. The van der Waals surface area contributed by atoms with E-state index in [9.17, 15) is 4.79 Å². The molecule has 0 saturated heterocycles. The number of carbonyl (C=O) groups is 1. The van der Waals surface area contributed by atoms with Crippen LogP contribution in [0.15, 0.2) is 94.1 Å². The molecule has 0 bridgehead atoms. The summed E-state index contributed by atoms with van der Waals surface area (Å²) in [5.74, 6) is 0.957. The number of Topliss-reactive ketones (excluding diaryl/α,β-unsaturated/α-hetero) is 1. The molecule has 3 heterocycles. The van der Waals surface area contributed by atoms with E-state index in [2.05, 4.69) is 39.5 Å². The fourth-order valence-corrected chi connectivity index (χ4v) is 5.64. The predicted octanol–water partition coefficient (Wildman–Crippen LogP) is 6.34. The second-order valence-corrected chi connectivity index (χ2v) is 9.94. The van der Waals surface area contributed by atoms with E-state index in [4.69, 9.17) is 4.98 Å². The number of aromatic nitrogens is 2. The van der Waals surface area contributed by atoms with Gasteiger partial charge in [0.15, 0.2) is 0 Å². The number of hydrogen-bond acceptors (Lipinski definition) is 7. The zero-order chi connectivity index (χ0) is 23.2. The summed E-state index contributed by atoms with van der Waals surface area (Å²) in [7, 11) is 0. The van der Waals surface area contributed by atoms with Crippen molar-refractivity contribution in [1.29, 1.82) is 0 Å². The van der Waals surface area contributed by atoms with Crippen molar-refractivity contribution in [3.8, 4) is 21.8 Å². The van der Waals surface area contributed by atoms with E-state index >= 15 is 0 Å². The molecule has 2 aromatic carbocycles. The molecule has 0 fully saturated rings. The molecule has 0 N–H and O–H groups in total. The molecule has 0 aliphatic carbocycles. The van der Waals surface area contributed by atoms with Crippen LogP contribution in [-0.4, -0.2) is 33.4 Å². The molecule has 0 atom stereocenters. The maximum absolute atomic E-state index is 12.6. The lowest BCUT2D eigenvalue weighted by Gasteiger charge is -2.03. The van der Waals surface area contributed by atoms with E-state index in [1.165, 1.54) is 4.90 Å². The number of ketones is 1. The van der Waals surface area contributed by atoms with Crippen LogP contribution in [0.3, 0.4) is 0 Å². The van der Waals surface area contributed by atoms with Crippen molar-refractivity contribution in [3.63, 3.8) is 0 Å². The van der Waals surface area contributed by atoms with Crippen molar-refractivity contribution in [2.24, 2.45) is 10.2 Å². The van der Waals surface area contributed by atoms with E-state index in [-0.39, 0.29) is 5.78 Å². The van der Waals surface area contributed by atoms with Gasteiger partial charge in [-0.3, -0.25) is 9.78 Å². The van der Waals surface area contributed by atoms with Gasteiger partial charge in [-0.25, -0.2) is 4.98 Å². The first-order valence-electron chi connectivity index (χ1n) is 11.1. The average molecular weight is 483 g/mol. The molecule has 0 saturated carbocycles. The fraction of sp³-hybridized carbons (Fsp3) is 0.148. The van der Waals surface area contributed by atoms with Crippen molar-refractivity contribution in [3.05, 3.63) is 89.6 Å². The van der Waals surface area contributed by atoms with Gasteiger partial charge in [0.05, 0.1) is 16.3 Å². The van der Waals surface area contributed by atoms with Crippen LogP contribution < -0.4 is 0 Å². The summed E-state index contributed by atoms with van der Waals surface area (Å²) in [6.45, 7) is 0. The smallest absolute Gasteiger partial charge is 0.139 e. The van der Waals surface area contributed by atoms with E-state index in [1.807, 2.05) is 54.7 Å². The highest BCUT2D eigenvalue weighted by Gasteiger charge is 2.20. The Bertz CT molecular complexity index is 1350. The Kier molecular flexibility index (Phi) is 7.02. The molecule has 1 aliphatic heterocycles. The summed E-state index contributed by atoms with van der Waals surface area (Å²) in [4.78, 5) is 24.2. The first kappa shape index (κ1) is 22.4. The minimum atomic E-state index is 0.190. The van der Waals surface area contributed by atoms with Gasteiger partial charge in [0.25, 0.3) is 0 Å². The third-order valence-corrected chi connectivity index (χ3v) is 7.48. The van der Waals surface area contributed by atoms with E-state index in [1.54, 1.807) is 29.3 Å². The molecule has 168 valence electrons. The molecule has 7 heteroatoms. The molecular weight excluding hydrogens is 460 g/mol. The first-order chi connectivity index (χ1) is 16.8. The van der Waals surface area contributed by atoms with E-state index < -0.39 is 0 Å². The van der Waals surface area contributed by atoms with Crippen LogP contribution in [0.2, 0.25) is 0 Å². The number of hydrogen-bond donors (Lipinski definition) is 0. The lowest BCUT2D eigenvalue weighted by atomic mass is 10.1. The first-order valence-corrected chi connectivity index (χ1v) is 12.9. The second kappa shape index (κ2) is 10.7. The summed E-state index contributed by atoms with van der Waals surface area (Å²) >= 11 is 3.31. The van der Waals surface area contributed by atoms with Gasteiger partial charge in [0.1, 0.15) is 10.8 Å². The van der Waals surface area contributed by atoms with Crippen LogP contribution in [0.5, 0.6) is 0 Å². The topological polar surface area (TPSA) is 67.6 Å². The molecule has 0 spiro atoms. The second-order valence-electron chi connectivity index (χ2n) is 7.77. The number of rotatable bonds is 9.